The minimum Gasteiger partial charge on any atom is -0.481 e. The van der Waals surface area contributed by atoms with Crippen LogP contribution in [0.15, 0.2) is 11.4 Å². The molecule has 0 aromatic carbocycles. The van der Waals surface area contributed by atoms with Gasteiger partial charge < -0.3 is 10.2 Å². The number of rotatable bonds is 5. The van der Waals surface area contributed by atoms with Gasteiger partial charge in [0.05, 0.1) is 16.9 Å². The normalized spacial score (nSPS) is 14.4. The fourth-order valence-electron chi connectivity index (χ4n) is 1.18. The Balaban J connectivity index is 2.69. The van der Waals surface area contributed by atoms with E-state index in [0.717, 1.165) is 11.3 Å². The Bertz CT molecular complexity index is 402. The summed E-state index contributed by atoms with van der Waals surface area (Å²) in [6, 6.07) is 1.27. The molecule has 16 heavy (non-hydrogen) atoms. The summed E-state index contributed by atoms with van der Waals surface area (Å²) in [5, 5.41) is 30.1. The molecule has 0 fully saturated rings. The third-order valence-electron chi connectivity index (χ3n) is 2.17. The van der Waals surface area contributed by atoms with Gasteiger partial charge in [0.2, 0.25) is 0 Å². The summed E-state index contributed by atoms with van der Waals surface area (Å²) in [5.74, 6) is -1.68. The van der Waals surface area contributed by atoms with E-state index in [0.29, 0.717) is 5.56 Å². The Kier molecular flexibility index (Phi) is 3.97. The zero-order chi connectivity index (χ0) is 12.3. The third kappa shape index (κ3) is 3.01. The van der Waals surface area contributed by atoms with Crippen molar-refractivity contribution >= 4 is 22.3 Å². The van der Waals surface area contributed by atoms with E-state index >= 15 is 0 Å². The summed E-state index contributed by atoms with van der Waals surface area (Å²) in [6.07, 6.45) is -0.931. The zero-order valence-corrected chi connectivity index (χ0v) is 9.31. The van der Waals surface area contributed by atoms with Gasteiger partial charge in [-0.1, -0.05) is 18.3 Å². The van der Waals surface area contributed by atoms with E-state index in [1.807, 2.05) is 0 Å². The number of nitro groups is 1. The Labute approximate surface area is 95.3 Å². The second kappa shape index (κ2) is 5.04. The van der Waals surface area contributed by atoms with Crippen LogP contribution in [0, 0.1) is 16.0 Å². The average molecular weight is 245 g/mol. The molecule has 0 aliphatic rings. The van der Waals surface area contributed by atoms with E-state index in [-0.39, 0.29) is 11.4 Å². The number of aliphatic carboxylic acids is 1. The Hall–Kier alpha value is -1.47. The number of aliphatic hydroxyl groups is 1. The van der Waals surface area contributed by atoms with Crippen LogP contribution in [0.25, 0.3) is 0 Å². The molecule has 0 aliphatic carbocycles. The number of aliphatic hydroxyl groups excluding tert-OH is 1. The van der Waals surface area contributed by atoms with Crippen molar-refractivity contribution in [2.75, 3.05) is 0 Å². The maximum Gasteiger partial charge on any atom is 0.324 e. The minimum absolute atomic E-state index is 0.0449. The maximum atomic E-state index is 10.6. The molecule has 1 heterocycles. The molecule has 0 amide bonds. The maximum absolute atomic E-state index is 10.6. The van der Waals surface area contributed by atoms with Crippen LogP contribution in [0.2, 0.25) is 0 Å². The molecule has 0 saturated heterocycles. The Morgan fingerprint density at radius 1 is 1.69 bits per heavy atom. The first-order valence-electron chi connectivity index (χ1n) is 4.55. The lowest BCUT2D eigenvalue weighted by atomic mass is 10.0. The first-order chi connectivity index (χ1) is 7.41. The van der Waals surface area contributed by atoms with E-state index < -0.39 is 22.9 Å². The van der Waals surface area contributed by atoms with Gasteiger partial charge >= 0.3 is 11.0 Å². The van der Waals surface area contributed by atoms with Crippen LogP contribution < -0.4 is 0 Å². The average Bonchev–Trinajstić information content (AvgIpc) is 2.65. The number of hydrogen-bond acceptors (Lipinski definition) is 5. The molecule has 1 aromatic rings. The van der Waals surface area contributed by atoms with Crippen molar-refractivity contribution in [1.29, 1.82) is 0 Å². The largest absolute Gasteiger partial charge is 0.481 e. The highest BCUT2D eigenvalue weighted by Gasteiger charge is 2.20. The molecule has 0 spiro atoms. The van der Waals surface area contributed by atoms with Crippen molar-refractivity contribution in [3.8, 4) is 0 Å². The van der Waals surface area contributed by atoms with E-state index in [9.17, 15) is 20.0 Å². The molecule has 6 nitrogen and oxygen atoms in total. The molecule has 0 saturated carbocycles. The van der Waals surface area contributed by atoms with Crippen LogP contribution >= 0.6 is 11.3 Å². The molecular formula is C9H11NO5S. The molecule has 7 heteroatoms. The summed E-state index contributed by atoms with van der Waals surface area (Å²) in [4.78, 5) is 20.4. The summed E-state index contributed by atoms with van der Waals surface area (Å²) in [7, 11) is 0. The van der Waals surface area contributed by atoms with Crippen LogP contribution in [0.3, 0.4) is 0 Å². The molecule has 0 radical (unpaired) electrons. The van der Waals surface area contributed by atoms with Gasteiger partial charge in [-0.3, -0.25) is 14.9 Å². The summed E-state index contributed by atoms with van der Waals surface area (Å²) < 4.78 is 0. The quantitative estimate of drug-likeness (QED) is 0.608. The number of carboxylic acid groups (broad SMARTS) is 1. The minimum atomic E-state index is -0.997. The van der Waals surface area contributed by atoms with Crippen LogP contribution in [0.5, 0.6) is 0 Å². The van der Waals surface area contributed by atoms with Crippen LogP contribution in [0.4, 0.5) is 5.00 Å². The van der Waals surface area contributed by atoms with Crippen LogP contribution in [-0.4, -0.2) is 21.1 Å². The van der Waals surface area contributed by atoms with Gasteiger partial charge in [-0.25, -0.2) is 0 Å². The predicted octanol–water partition coefficient (Wildman–Crippen LogP) is 1.80. The van der Waals surface area contributed by atoms with Crippen molar-refractivity contribution in [3.05, 3.63) is 27.1 Å². The lowest BCUT2D eigenvalue weighted by molar-refractivity contribution is -0.380. The Morgan fingerprint density at radius 3 is 2.75 bits per heavy atom. The lowest BCUT2D eigenvalue weighted by Crippen LogP contribution is -2.13. The highest BCUT2D eigenvalue weighted by molar-refractivity contribution is 7.13. The smallest absolute Gasteiger partial charge is 0.324 e. The van der Waals surface area contributed by atoms with E-state index in [4.69, 9.17) is 5.11 Å². The van der Waals surface area contributed by atoms with Crippen LogP contribution in [0.1, 0.15) is 25.0 Å². The van der Waals surface area contributed by atoms with Crippen molar-refractivity contribution in [2.24, 2.45) is 5.92 Å². The van der Waals surface area contributed by atoms with Gasteiger partial charge in [0.15, 0.2) is 0 Å². The fourth-order valence-corrected chi connectivity index (χ4v) is 1.95. The van der Waals surface area contributed by atoms with E-state index in [2.05, 4.69) is 0 Å². The SMILES string of the molecule is CC(CC(O)c1csc([N+](=O)[O-])c1)C(=O)O. The summed E-state index contributed by atoms with van der Waals surface area (Å²) in [5.41, 5.74) is 0.393. The second-order valence-corrected chi connectivity index (χ2v) is 4.36. The first kappa shape index (κ1) is 12.6. The summed E-state index contributed by atoms with van der Waals surface area (Å²) in [6.45, 7) is 1.48. The molecule has 88 valence electrons. The van der Waals surface area contributed by atoms with Crippen molar-refractivity contribution in [3.63, 3.8) is 0 Å². The number of carbonyl (C=O) groups is 1. The number of nitrogens with zero attached hydrogens (tertiary/aromatic N) is 1. The van der Waals surface area contributed by atoms with E-state index in [1.54, 1.807) is 0 Å². The molecule has 2 atom stereocenters. The van der Waals surface area contributed by atoms with Gasteiger partial charge in [0.25, 0.3) is 0 Å². The number of carboxylic acids is 1. The topological polar surface area (TPSA) is 101 Å². The second-order valence-electron chi connectivity index (χ2n) is 3.47. The van der Waals surface area contributed by atoms with Gasteiger partial charge in [0.1, 0.15) is 0 Å². The molecule has 1 rings (SSSR count). The molecule has 0 aliphatic heterocycles. The zero-order valence-electron chi connectivity index (χ0n) is 8.49. The standard InChI is InChI=1S/C9H11NO5S/c1-5(9(12)13)2-7(11)6-3-8(10(14)15)16-4-6/h3-5,7,11H,2H2,1H3,(H,12,13). The highest BCUT2D eigenvalue weighted by Crippen LogP contribution is 2.29. The van der Waals surface area contributed by atoms with Gasteiger partial charge in [-0.15, -0.1) is 0 Å². The molecule has 2 N–H and O–H groups in total. The summed E-state index contributed by atoms with van der Waals surface area (Å²) >= 11 is 0.915. The molecule has 1 aromatic heterocycles. The third-order valence-corrected chi connectivity index (χ3v) is 3.07. The highest BCUT2D eigenvalue weighted by atomic mass is 32.1. The number of thiophene rings is 1. The number of hydrogen-bond donors (Lipinski definition) is 2. The van der Waals surface area contributed by atoms with Crippen molar-refractivity contribution in [1.82, 2.24) is 0 Å². The Morgan fingerprint density at radius 2 is 2.31 bits per heavy atom. The van der Waals surface area contributed by atoms with Gasteiger partial charge in [-0.05, 0) is 12.0 Å². The molecule has 2 unspecified atom stereocenters. The predicted molar refractivity (Wildman–Crippen MR) is 57.4 cm³/mol. The molecular weight excluding hydrogens is 234 g/mol. The first-order valence-corrected chi connectivity index (χ1v) is 5.43. The van der Waals surface area contributed by atoms with Crippen molar-refractivity contribution < 1.29 is 19.9 Å². The van der Waals surface area contributed by atoms with Gasteiger partial charge in [0, 0.05) is 11.4 Å². The van der Waals surface area contributed by atoms with Crippen molar-refractivity contribution in [2.45, 2.75) is 19.4 Å². The van der Waals surface area contributed by atoms with Crippen LogP contribution in [-0.2, 0) is 4.79 Å². The van der Waals surface area contributed by atoms with Gasteiger partial charge in [-0.2, -0.15) is 0 Å². The van der Waals surface area contributed by atoms with E-state index in [1.165, 1.54) is 18.4 Å². The molecule has 0 bridgehead atoms. The monoisotopic (exact) mass is 245 g/mol. The fraction of sp³-hybridized carbons (Fsp3) is 0.444. The lowest BCUT2D eigenvalue weighted by Gasteiger charge is -2.11.